The van der Waals surface area contributed by atoms with Gasteiger partial charge in [0, 0.05) is 6.08 Å². The summed E-state index contributed by atoms with van der Waals surface area (Å²) in [7, 11) is 4.29. The number of aryl methyl sites for hydroxylation is 1. The third kappa shape index (κ3) is 9.66. The summed E-state index contributed by atoms with van der Waals surface area (Å²) in [5.74, 6) is -2.80. The molecule has 0 heterocycles. The second-order valence-corrected chi connectivity index (χ2v) is 6.52. The molecule has 0 saturated carbocycles. The van der Waals surface area contributed by atoms with Gasteiger partial charge in [-0.1, -0.05) is 60.2 Å². The molecule has 0 aliphatic rings. The van der Waals surface area contributed by atoms with Crippen molar-refractivity contribution in [3.8, 4) is 0 Å². The van der Waals surface area contributed by atoms with Crippen LogP contribution in [-0.2, 0) is 14.3 Å². The topological polar surface area (TPSA) is 91.1 Å². The first kappa shape index (κ1) is 23.1. The molecule has 2 aromatic carbocycles. The van der Waals surface area contributed by atoms with E-state index in [4.69, 9.17) is 9.84 Å². The van der Waals surface area contributed by atoms with Crippen molar-refractivity contribution in [2.75, 3.05) is 27.2 Å². The molecule has 1 atom stereocenters. The number of carboxylic acids is 2. The molecule has 0 aromatic heterocycles. The standard InChI is InChI=1S/C18H23NO.C4H4O4/c1-15-9-11-17(12-10-15)18(20-14-13-19(2)3)16-7-5-4-6-8-16;5-3(6)1-2-4(7)8/h4-12,18H,13-14H2,1-3H3;1-2H,(H,5,6)(H,7,8)/b;2-1-. The molecule has 0 spiro atoms. The Balaban J connectivity index is 0.000000416. The van der Waals surface area contributed by atoms with Crippen molar-refractivity contribution in [2.24, 2.45) is 0 Å². The fraction of sp³-hybridized carbons (Fsp3) is 0.273. The van der Waals surface area contributed by atoms with Gasteiger partial charge in [0.1, 0.15) is 12.6 Å². The van der Waals surface area contributed by atoms with Crippen molar-refractivity contribution in [1.82, 2.24) is 0 Å². The Kier molecular flexibility index (Phi) is 10.2. The smallest absolute Gasteiger partial charge is 0.328 e. The summed E-state index contributed by atoms with van der Waals surface area (Å²) in [6.45, 7) is 3.88. The van der Waals surface area contributed by atoms with Crippen LogP contribution in [0.4, 0.5) is 0 Å². The molecule has 0 fully saturated rings. The van der Waals surface area contributed by atoms with Crippen LogP contribution in [0.25, 0.3) is 0 Å². The quantitative estimate of drug-likeness (QED) is 0.650. The van der Waals surface area contributed by atoms with Crippen LogP contribution in [0.5, 0.6) is 0 Å². The second-order valence-electron chi connectivity index (χ2n) is 6.52. The van der Waals surface area contributed by atoms with E-state index in [0.717, 1.165) is 13.2 Å². The van der Waals surface area contributed by atoms with Gasteiger partial charge in [-0.15, -0.1) is 0 Å². The summed E-state index contributed by atoms with van der Waals surface area (Å²) in [6, 6.07) is 19.1. The van der Waals surface area contributed by atoms with E-state index >= 15 is 0 Å². The van der Waals surface area contributed by atoms with Gasteiger partial charge in [0.2, 0.25) is 0 Å². The summed E-state index contributed by atoms with van der Waals surface area (Å²) in [5, 5.41) is 17.2. The van der Waals surface area contributed by atoms with Gasteiger partial charge in [-0.2, -0.15) is 0 Å². The van der Waals surface area contributed by atoms with Crippen LogP contribution in [0.15, 0.2) is 66.7 Å². The first-order chi connectivity index (χ1) is 13.3. The number of hydrogen-bond donors (Lipinski definition) is 2. The molecule has 28 heavy (non-hydrogen) atoms. The first-order valence-electron chi connectivity index (χ1n) is 8.93. The zero-order valence-corrected chi connectivity index (χ0v) is 16.4. The largest absolute Gasteiger partial charge is 0.545 e. The molecule has 0 aliphatic carbocycles. The summed E-state index contributed by atoms with van der Waals surface area (Å²) < 4.78 is 6.14. The highest BCUT2D eigenvalue weighted by Crippen LogP contribution is 2.25. The lowest BCUT2D eigenvalue weighted by atomic mass is 10.0. The second kappa shape index (κ2) is 12.4. The van der Waals surface area contributed by atoms with Crippen LogP contribution in [-0.4, -0.2) is 44.3 Å². The van der Waals surface area contributed by atoms with E-state index in [0.29, 0.717) is 12.2 Å². The third-order valence-electron chi connectivity index (χ3n) is 3.73. The molecule has 2 N–H and O–H groups in total. The van der Waals surface area contributed by atoms with Crippen LogP contribution < -0.4 is 10.0 Å². The van der Waals surface area contributed by atoms with Crippen molar-refractivity contribution < 1.29 is 29.4 Å². The SMILES string of the molecule is Cc1ccc(C(OCC[NH+](C)C)c2ccccc2)cc1.O=C([O-])/C=C\C(=O)O. The Morgan fingerprint density at radius 2 is 1.61 bits per heavy atom. The highest BCUT2D eigenvalue weighted by atomic mass is 16.5. The fourth-order valence-corrected chi connectivity index (χ4v) is 2.27. The highest BCUT2D eigenvalue weighted by molar-refractivity contribution is 5.88. The van der Waals surface area contributed by atoms with Crippen LogP contribution in [0.2, 0.25) is 0 Å². The van der Waals surface area contributed by atoms with E-state index in [1.807, 2.05) is 6.07 Å². The Labute approximate surface area is 165 Å². The zero-order valence-electron chi connectivity index (χ0n) is 16.4. The molecule has 1 unspecified atom stereocenters. The van der Waals surface area contributed by atoms with Crippen LogP contribution in [0.1, 0.15) is 22.8 Å². The number of aliphatic carboxylic acids is 2. The van der Waals surface area contributed by atoms with Crippen molar-refractivity contribution in [1.29, 1.82) is 0 Å². The number of quaternary nitrogens is 1. The monoisotopic (exact) mass is 385 g/mol. The Hall–Kier alpha value is -2.96. The maximum atomic E-state index is 9.53. The average molecular weight is 385 g/mol. The normalized spacial score (nSPS) is 11.7. The number of benzene rings is 2. The van der Waals surface area contributed by atoms with Crippen LogP contribution >= 0.6 is 0 Å². The Bertz CT molecular complexity index is 738. The number of hydrogen-bond acceptors (Lipinski definition) is 4. The molecular formula is C22H27NO5. The molecular weight excluding hydrogens is 358 g/mol. The maximum absolute atomic E-state index is 9.53. The number of carbonyl (C=O) groups is 2. The van der Waals surface area contributed by atoms with Crippen molar-refractivity contribution in [3.63, 3.8) is 0 Å². The highest BCUT2D eigenvalue weighted by Gasteiger charge is 2.14. The summed E-state index contributed by atoms with van der Waals surface area (Å²) in [5.41, 5.74) is 3.71. The fourth-order valence-electron chi connectivity index (χ4n) is 2.27. The molecule has 2 aromatic rings. The van der Waals surface area contributed by atoms with E-state index in [1.165, 1.54) is 21.6 Å². The molecule has 0 bridgehead atoms. The van der Waals surface area contributed by atoms with Gasteiger partial charge in [0.05, 0.1) is 26.7 Å². The molecule has 150 valence electrons. The van der Waals surface area contributed by atoms with Gasteiger partial charge in [-0.25, -0.2) is 4.79 Å². The maximum Gasteiger partial charge on any atom is 0.328 e. The number of rotatable bonds is 8. The van der Waals surface area contributed by atoms with E-state index in [2.05, 4.69) is 69.6 Å². The van der Waals surface area contributed by atoms with Crippen LogP contribution in [0, 0.1) is 6.92 Å². The minimum Gasteiger partial charge on any atom is -0.545 e. The summed E-state index contributed by atoms with van der Waals surface area (Å²) in [6.07, 6.45) is 0.966. The van der Waals surface area contributed by atoms with Gasteiger partial charge >= 0.3 is 5.97 Å². The van der Waals surface area contributed by atoms with E-state index in [9.17, 15) is 14.7 Å². The molecule has 6 heteroatoms. The first-order valence-corrected chi connectivity index (χ1v) is 8.93. The molecule has 2 rings (SSSR count). The third-order valence-corrected chi connectivity index (χ3v) is 3.73. The van der Waals surface area contributed by atoms with Gasteiger partial charge in [0.15, 0.2) is 0 Å². The lowest BCUT2D eigenvalue weighted by Crippen LogP contribution is -3.06. The van der Waals surface area contributed by atoms with Crippen molar-refractivity contribution in [3.05, 3.63) is 83.4 Å². The van der Waals surface area contributed by atoms with E-state index in [-0.39, 0.29) is 6.10 Å². The zero-order chi connectivity index (χ0) is 20.9. The lowest BCUT2D eigenvalue weighted by molar-refractivity contribution is -0.858. The number of carbonyl (C=O) groups excluding carboxylic acids is 1. The molecule has 0 saturated heterocycles. The average Bonchev–Trinajstić information content (AvgIpc) is 2.65. The van der Waals surface area contributed by atoms with E-state index < -0.39 is 11.9 Å². The van der Waals surface area contributed by atoms with Crippen LogP contribution in [0.3, 0.4) is 0 Å². The van der Waals surface area contributed by atoms with Gasteiger partial charge in [0.25, 0.3) is 0 Å². The Morgan fingerprint density at radius 3 is 2.07 bits per heavy atom. The lowest BCUT2D eigenvalue weighted by Gasteiger charge is -2.19. The molecule has 0 amide bonds. The van der Waals surface area contributed by atoms with E-state index in [1.54, 1.807) is 0 Å². The number of carboxylic acid groups (broad SMARTS) is 2. The molecule has 0 radical (unpaired) electrons. The van der Waals surface area contributed by atoms with Gasteiger partial charge in [-0.05, 0) is 24.1 Å². The van der Waals surface area contributed by atoms with Gasteiger partial charge < -0.3 is 24.6 Å². The minimum atomic E-state index is -1.51. The summed E-state index contributed by atoms with van der Waals surface area (Å²) in [4.78, 5) is 20.4. The number of likely N-dealkylation sites (N-methyl/N-ethyl adjacent to an activating group) is 1. The predicted molar refractivity (Wildman–Crippen MR) is 105 cm³/mol. The van der Waals surface area contributed by atoms with Crippen molar-refractivity contribution in [2.45, 2.75) is 13.0 Å². The summed E-state index contributed by atoms with van der Waals surface area (Å²) >= 11 is 0. The van der Waals surface area contributed by atoms with Crippen molar-refractivity contribution >= 4 is 11.9 Å². The minimum absolute atomic E-state index is 0.0242. The number of ether oxygens (including phenoxy) is 1. The molecule has 6 nitrogen and oxygen atoms in total. The Morgan fingerprint density at radius 1 is 1.04 bits per heavy atom. The van der Waals surface area contributed by atoms with Gasteiger partial charge in [-0.3, -0.25) is 0 Å². The molecule has 0 aliphatic heterocycles. The number of nitrogens with one attached hydrogen (secondary N) is 1. The predicted octanol–water partition coefficient (Wildman–Crippen LogP) is 0.623.